The van der Waals surface area contributed by atoms with Crippen molar-refractivity contribution in [1.29, 1.82) is 0 Å². The fraction of sp³-hybridized carbons (Fsp3) is 0.300. The average Bonchev–Trinajstić information content (AvgIpc) is 3.14. The van der Waals surface area contributed by atoms with E-state index in [9.17, 15) is 4.79 Å². The van der Waals surface area contributed by atoms with E-state index in [2.05, 4.69) is 20.2 Å². The summed E-state index contributed by atoms with van der Waals surface area (Å²) in [6.45, 7) is 2.61. The topological polar surface area (TPSA) is 53.9 Å². The molecule has 5 nitrogen and oxygen atoms in total. The first-order valence-corrected chi connectivity index (χ1v) is 8.99. The van der Waals surface area contributed by atoms with E-state index in [1.54, 1.807) is 18.3 Å². The van der Waals surface area contributed by atoms with Crippen LogP contribution in [0.1, 0.15) is 22.3 Å². The minimum Gasteiger partial charge on any atom is -0.399 e. The van der Waals surface area contributed by atoms with Crippen LogP contribution in [0.4, 0.5) is 5.69 Å². The van der Waals surface area contributed by atoms with Crippen molar-refractivity contribution in [2.45, 2.75) is 6.42 Å². The fourth-order valence-corrected chi connectivity index (χ4v) is 3.18. The fourth-order valence-electron chi connectivity index (χ4n) is 3.06. The van der Waals surface area contributed by atoms with Crippen molar-refractivity contribution in [1.82, 2.24) is 5.32 Å². The van der Waals surface area contributed by atoms with Crippen LogP contribution in [-0.2, 0) is 4.84 Å². The number of hydrogen-bond acceptors (Lipinski definition) is 4. The molecule has 0 aromatic heterocycles. The lowest BCUT2D eigenvalue weighted by molar-refractivity contribution is 0.0948. The summed E-state index contributed by atoms with van der Waals surface area (Å²) in [5.41, 5.74) is 2.71. The predicted molar refractivity (Wildman–Crippen MR) is 105 cm³/mol. The van der Waals surface area contributed by atoms with Crippen molar-refractivity contribution < 1.29 is 9.63 Å². The van der Waals surface area contributed by atoms with E-state index in [1.807, 2.05) is 36.4 Å². The Labute approximate surface area is 158 Å². The molecule has 0 aliphatic carbocycles. The van der Waals surface area contributed by atoms with E-state index in [4.69, 9.17) is 11.6 Å². The van der Waals surface area contributed by atoms with E-state index in [-0.39, 0.29) is 5.91 Å². The van der Waals surface area contributed by atoms with Crippen LogP contribution in [-0.4, -0.2) is 38.9 Å². The van der Waals surface area contributed by atoms with Crippen LogP contribution < -0.4 is 10.2 Å². The Hall–Kier alpha value is -2.53. The van der Waals surface area contributed by atoms with Gasteiger partial charge in [-0.2, -0.15) is 0 Å². The smallest absolute Gasteiger partial charge is 0.251 e. The molecule has 136 valence electrons. The molecule has 1 aliphatic rings. The molecule has 3 rings (SSSR count). The summed E-state index contributed by atoms with van der Waals surface area (Å²) < 4.78 is 0. The Kier molecular flexibility index (Phi) is 6.12. The first-order valence-electron chi connectivity index (χ1n) is 8.61. The van der Waals surface area contributed by atoms with Gasteiger partial charge < -0.3 is 15.1 Å². The van der Waals surface area contributed by atoms with Crippen molar-refractivity contribution in [3.63, 3.8) is 0 Å². The summed E-state index contributed by atoms with van der Waals surface area (Å²) in [5, 5.41) is 7.49. The normalized spacial score (nSPS) is 16.8. The van der Waals surface area contributed by atoms with Gasteiger partial charge in [-0.05, 0) is 54.3 Å². The van der Waals surface area contributed by atoms with Gasteiger partial charge in [0.25, 0.3) is 5.91 Å². The van der Waals surface area contributed by atoms with Crippen LogP contribution in [0.5, 0.6) is 0 Å². The molecule has 1 fully saturated rings. The highest BCUT2D eigenvalue weighted by molar-refractivity contribution is 6.30. The molecule has 0 radical (unpaired) electrons. The van der Waals surface area contributed by atoms with Gasteiger partial charge in [0.05, 0.1) is 6.21 Å². The summed E-state index contributed by atoms with van der Waals surface area (Å²) in [6, 6.07) is 15.2. The van der Waals surface area contributed by atoms with Gasteiger partial charge in [-0.1, -0.05) is 28.9 Å². The lowest BCUT2D eigenvalue weighted by Crippen LogP contribution is -2.31. The van der Waals surface area contributed by atoms with Gasteiger partial charge in [0, 0.05) is 35.9 Å². The van der Waals surface area contributed by atoms with Gasteiger partial charge in [-0.3, -0.25) is 4.79 Å². The van der Waals surface area contributed by atoms with Crippen LogP contribution >= 0.6 is 11.6 Å². The standard InChI is InChI=1S/C20H22ClN3O2/c1-26-23-13-15-2-4-17(5-3-15)20(25)22-12-16-10-11-24(14-16)19-8-6-18(21)7-9-19/h2-9,13,16H,10-12,14H2,1H3,(H,22,25)/b23-13+. The minimum atomic E-state index is -0.0508. The second kappa shape index (κ2) is 8.72. The maximum Gasteiger partial charge on any atom is 0.251 e. The lowest BCUT2D eigenvalue weighted by Gasteiger charge is -2.19. The molecular weight excluding hydrogens is 350 g/mol. The number of nitrogens with one attached hydrogen (secondary N) is 1. The number of benzene rings is 2. The molecule has 1 amide bonds. The van der Waals surface area contributed by atoms with Crippen LogP contribution in [0.25, 0.3) is 0 Å². The highest BCUT2D eigenvalue weighted by Gasteiger charge is 2.23. The molecule has 2 aromatic rings. The zero-order valence-electron chi connectivity index (χ0n) is 14.7. The highest BCUT2D eigenvalue weighted by Crippen LogP contribution is 2.24. The number of rotatable bonds is 6. The molecule has 1 N–H and O–H groups in total. The summed E-state index contributed by atoms with van der Waals surface area (Å²) in [6.07, 6.45) is 2.67. The Morgan fingerprint density at radius 3 is 2.69 bits per heavy atom. The van der Waals surface area contributed by atoms with Gasteiger partial charge in [-0.25, -0.2) is 0 Å². The van der Waals surface area contributed by atoms with E-state index < -0.39 is 0 Å². The quantitative estimate of drug-likeness (QED) is 0.623. The SMILES string of the molecule is CO/N=C/c1ccc(C(=O)NCC2CCN(c3ccc(Cl)cc3)C2)cc1. The lowest BCUT2D eigenvalue weighted by atomic mass is 10.1. The van der Waals surface area contributed by atoms with Crippen LogP contribution in [0.2, 0.25) is 5.02 Å². The maximum absolute atomic E-state index is 12.3. The third-order valence-corrected chi connectivity index (χ3v) is 4.76. The average molecular weight is 372 g/mol. The Balaban J connectivity index is 1.49. The van der Waals surface area contributed by atoms with E-state index in [0.29, 0.717) is 18.0 Å². The first kappa shape index (κ1) is 18.3. The molecule has 26 heavy (non-hydrogen) atoms. The minimum absolute atomic E-state index is 0.0508. The second-order valence-electron chi connectivity index (χ2n) is 6.33. The van der Waals surface area contributed by atoms with Crippen LogP contribution in [0, 0.1) is 5.92 Å². The van der Waals surface area contributed by atoms with Crippen molar-refractivity contribution in [2.24, 2.45) is 11.1 Å². The van der Waals surface area contributed by atoms with E-state index in [1.165, 1.54) is 12.8 Å². The summed E-state index contributed by atoms with van der Waals surface area (Å²) >= 11 is 5.95. The van der Waals surface area contributed by atoms with Crippen molar-refractivity contribution in [2.75, 3.05) is 31.6 Å². The van der Waals surface area contributed by atoms with Gasteiger partial charge in [0.2, 0.25) is 0 Å². The molecule has 2 aromatic carbocycles. The number of halogens is 1. The number of oxime groups is 1. The largest absolute Gasteiger partial charge is 0.399 e. The molecule has 0 saturated carbocycles. The third-order valence-electron chi connectivity index (χ3n) is 4.51. The summed E-state index contributed by atoms with van der Waals surface area (Å²) in [4.78, 5) is 19.3. The summed E-state index contributed by atoms with van der Waals surface area (Å²) in [5.74, 6) is 0.396. The molecular formula is C20H22ClN3O2. The zero-order chi connectivity index (χ0) is 18.4. The summed E-state index contributed by atoms with van der Waals surface area (Å²) in [7, 11) is 1.50. The number of carbonyl (C=O) groups excluding carboxylic acids is 1. The Morgan fingerprint density at radius 1 is 1.27 bits per heavy atom. The molecule has 1 saturated heterocycles. The van der Waals surface area contributed by atoms with Gasteiger partial charge >= 0.3 is 0 Å². The number of anilines is 1. The number of carbonyl (C=O) groups is 1. The molecule has 0 bridgehead atoms. The predicted octanol–water partition coefficient (Wildman–Crippen LogP) is 3.58. The number of nitrogens with zero attached hydrogens (tertiary/aromatic N) is 2. The molecule has 1 aliphatic heterocycles. The second-order valence-corrected chi connectivity index (χ2v) is 6.76. The molecule has 0 spiro atoms. The van der Waals surface area contributed by atoms with Gasteiger partial charge in [0.15, 0.2) is 0 Å². The molecule has 6 heteroatoms. The third kappa shape index (κ3) is 4.76. The highest BCUT2D eigenvalue weighted by atomic mass is 35.5. The zero-order valence-corrected chi connectivity index (χ0v) is 15.4. The number of hydrogen-bond donors (Lipinski definition) is 1. The van der Waals surface area contributed by atoms with E-state index in [0.717, 1.165) is 30.1 Å². The first-order chi connectivity index (χ1) is 12.7. The number of amides is 1. The monoisotopic (exact) mass is 371 g/mol. The van der Waals surface area contributed by atoms with Crippen molar-refractivity contribution >= 4 is 29.4 Å². The molecule has 1 unspecified atom stereocenters. The maximum atomic E-state index is 12.3. The Morgan fingerprint density at radius 2 is 2.00 bits per heavy atom. The van der Waals surface area contributed by atoms with Gasteiger partial charge in [0.1, 0.15) is 7.11 Å². The molecule has 1 atom stereocenters. The molecule has 1 heterocycles. The van der Waals surface area contributed by atoms with Gasteiger partial charge in [-0.15, -0.1) is 0 Å². The van der Waals surface area contributed by atoms with Crippen LogP contribution in [0.15, 0.2) is 53.7 Å². The van der Waals surface area contributed by atoms with Crippen molar-refractivity contribution in [3.8, 4) is 0 Å². The van der Waals surface area contributed by atoms with Crippen LogP contribution in [0.3, 0.4) is 0 Å². The van der Waals surface area contributed by atoms with E-state index >= 15 is 0 Å². The van der Waals surface area contributed by atoms with Crippen molar-refractivity contribution in [3.05, 3.63) is 64.7 Å². The Bertz CT molecular complexity index is 760.